The molecule has 0 aliphatic heterocycles. The molecule has 0 saturated heterocycles. The second-order valence-electron chi connectivity index (χ2n) is 4.76. The number of halogens is 1. The van der Waals surface area contributed by atoms with Crippen LogP contribution in [0.25, 0.3) is 10.7 Å². The Hall–Kier alpha value is -0.940. The monoisotopic (exact) mass is 337 g/mol. The maximum absolute atomic E-state index is 4.80. The van der Waals surface area contributed by atoms with E-state index in [2.05, 4.69) is 32.7 Å². The number of fused-ring (bicyclic) bond motifs is 1. The van der Waals surface area contributed by atoms with E-state index in [0.29, 0.717) is 0 Å². The molecule has 100 valence electrons. The Bertz CT molecular complexity index is 594. The standard InChI is InChI=1S/C14H16BrN3S/c1-16-13-10-5-3-2-4-6-11(10)17-14(18-13)12-7-9(15)8-19-12/h7-8H,2-6H2,1H3,(H,16,17,18). The summed E-state index contributed by atoms with van der Waals surface area (Å²) in [7, 11) is 1.95. The lowest BCUT2D eigenvalue weighted by Gasteiger charge is -2.12. The van der Waals surface area contributed by atoms with E-state index >= 15 is 0 Å². The summed E-state index contributed by atoms with van der Waals surface area (Å²) >= 11 is 5.17. The number of aryl methyl sites for hydroxylation is 1. The van der Waals surface area contributed by atoms with E-state index in [1.54, 1.807) is 11.3 Å². The van der Waals surface area contributed by atoms with Crippen LogP contribution in [0, 0.1) is 0 Å². The van der Waals surface area contributed by atoms with Gasteiger partial charge < -0.3 is 5.32 Å². The molecule has 0 bridgehead atoms. The molecule has 0 aromatic carbocycles. The Labute approximate surface area is 125 Å². The number of anilines is 1. The second kappa shape index (κ2) is 5.59. The molecule has 0 unspecified atom stereocenters. The molecule has 1 N–H and O–H groups in total. The molecule has 2 aromatic rings. The minimum atomic E-state index is 0.848. The maximum atomic E-state index is 4.80. The molecule has 0 amide bonds. The summed E-state index contributed by atoms with van der Waals surface area (Å²) in [6, 6.07) is 2.09. The van der Waals surface area contributed by atoms with Crippen LogP contribution in [-0.4, -0.2) is 17.0 Å². The van der Waals surface area contributed by atoms with Gasteiger partial charge in [-0.05, 0) is 47.7 Å². The van der Waals surface area contributed by atoms with Gasteiger partial charge in [0.2, 0.25) is 0 Å². The summed E-state index contributed by atoms with van der Waals surface area (Å²) in [4.78, 5) is 10.6. The van der Waals surface area contributed by atoms with E-state index in [4.69, 9.17) is 9.97 Å². The van der Waals surface area contributed by atoms with Gasteiger partial charge in [-0.2, -0.15) is 0 Å². The predicted molar refractivity (Wildman–Crippen MR) is 83.9 cm³/mol. The van der Waals surface area contributed by atoms with Gasteiger partial charge in [0.1, 0.15) is 5.82 Å². The lowest BCUT2D eigenvalue weighted by atomic mass is 10.1. The van der Waals surface area contributed by atoms with Gasteiger partial charge in [0.05, 0.1) is 4.88 Å². The minimum absolute atomic E-state index is 0.848. The summed E-state index contributed by atoms with van der Waals surface area (Å²) in [6.45, 7) is 0. The predicted octanol–water partition coefficient (Wildman–Crippen LogP) is 4.28. The van der Waals surface area contributed by atoms with E-state index < -0.39 is 0 Å². The summed E-state index contributed by atoms with van der Waals surface area (Å²) in [5.41, 5.74) is 2.55. The van der Waals surface area contributed by atoms with E-state index in [9.17, 15) is 0 Å². The number of nitrogens with one attached hydrogen (secondary N) is 1. The highest BCUT2D eigenvalue weighted by Gasteiger charge is 2.17. The van der Waals surface area contributed by atoms with Crippen molar-refractivity contribution in [3.63, 3.8) is 0 Å². The Balaban J connectivity index is 2.09. The van der Waals surface area contributed by atoms with Crippen LogP contribution in [0.4, 0.5) is 5.82 Å². The Morgan fingerprint density at radius 2 is 2.05 bits per heavy atom. The molecule has 2 aromatic heterocycles. The molecule has 0 fully saturated rings. The summed E-state index contributed by atoms with van der Waals surface area (Å²) in [5.74, 6) is 1.85. The normalized spacial score (nSPS) is 14.8. The molecular weight excluding hydrogens is 322 g/mol. The molecule has 0 saturated carbocycles. The van der Waals surface area contributed by atoms with Gasteiger partial charge >= 0.3 is 0 Å². The van der Waals surface area contributed by atoms with Crippen molar-refractivity contribution in [2.45, 2.75) is 32.1 Å². The quantitative estimate of drug-likeness (QED) is 0.831. The van der Waals surface area contributed by atoms with Gasteiger partial charge in [0.25, 0.3) is 0 Å². The maximum Gasteiger partial charge on any atom is 0.171 e. The highest BCUT2D eigenvalue weighted by atomic mass is 79.9. The number of hydrogen-bond acceptors (Lipinski definition) is 4. The van der Waals surface area contributed by atoms with Crippen molar-refractivity contribution in [3.05, 3.63) is 27.2 Å². The van der Waals surface area contributed by atoms with Crippen LogP contribution in [0.15, 0.2) is 15.9 Å². The van der Waals surface area contributed by atoms with Crippen molar-refractivity contribution in [2.24, 2.45) is 0 Å². The van der Waals surface area contributed by atoms with Crippen LogP contribution in [0.1, 0.15) is 30.5 Å². The van der Waals surface area contributed by atoms with E-state index in [-0.39, 0.29) is 0 Å². The van der Waals surface area contributed by atoms with Crippen molar-refractivity contribution < 1.29 is 0 Å². The van der Waals surface area contributed by atoms with Crippen molar-refractivity contribution in [2.75, 3.05) is 12.4 Å². The van der Waals surface area contributed by atoms with Crippen LogP contribution >= 0.6 is 27.3 Å². The molecule has 0 atom stereocenters. The molecule has 3 nitrogen and oxygen atoms in total. The highest BCUT2D eigenvalue weighted by molar-refractivity contribution is 9.10. The lowest BCUT2D eigenvalue weighted by Crippen LogP contribution is -2.06. The molecule has 1 aliphatic carbocycles. The summed E-state index contributed by atoms with van der Waals surface area (Å²) in [5, 5.41) is 5.31. The summed E-state index contributed by atoms with van der Waals surface area (Å²) < 4.78 is 1.09. The van der Waals surface area contributed by atoms with Gasteiger partial charge in [-0.25, -0.2) is 9.97 Å². The molecule has 5 heteroatoms. The Morgan fingerprint density at radius 1 is 1.21 bits per heavy atom. The first-order valence-corrected chi connectivity index (χ1v) is 8.27. The first kappa shape index (κ1) is 13.1. The topological polar surface area (TPSA) is 37.8 Å². The third-order valence-electron chi connectivity index (χ3n) is 3.46. The lowest BCUT2D eigenvalue weighted by molar-refractivity contribution is 0.709. The zero-order valence-corrected chi connectivity index (χ0v) is 13.3. The molecule has 19 heavy (non-hydrogen) atoms. The van der Waals surface area contributed by atoms with Crippen molar-refractivity contribution >= 4 is 33.1 Å². The van der Waals surface area contributed by atoms with Crippen LogP contribution in [0.5, 0.6) is 0 Å². The second-order valence-corrected chi connectivity index (χ2v) is 6.59. The third kappa shape index (κ3) is 2.67. The minimum Gasteiger partial charge on any atom is -0.373 e. The molecular formula is C14H16BrN3S. The smallest absolute Gasteiger partial charge is 0.171 e. The fourth-order valence-corrected chi connectivity index (χ4v) is 3.88. The van der Waals surface area contributed by atoms with Gasteiger partial charge in [0.15, 0.2) is 5.82 Å². The molecule has 3 rings (SSSR count). The van der Waals surface area contributed by atoms with E-state index in [1.165, 1.54) is 30.5 Å². The zero-order chi connectivity index (χ0) is 13.2. The largest absolute Gasteiger partial charge is 0.373 e. The average molecular weight is 338 g/mol. The highest BCUT2D eigenvalue weighted by Crippen LogP contribution is 2.31. The number of thiophene rings is 1. The molecule has 0 radical (unpaired) electrons. The number of nitrogens with zero attached hydrogens (tertiary/aromatic N) is 2. The SMILES string of the molecule is CNc1nc(-c2cc(Br)cs2)nc2c1CCCCC2. The van der Waals surface area contributed by atoms with Gasteiger partial charge in [-0.15, -0.1) is 11.3 Å². The van der Waals surface area contributed by atoms with E-state index in [0.717, 1.165) is 33.8 Å². The average Bonchev–Trinajstić information content (AvgIpc) is 2.72. The molecule has 0 spiro atoms. The Kier molecular flexibility index (Phi) is 3.84. The molecule has 2 heterocycles. The third-order valence-corrected chi connectivity index (χ3v) is 5.14. The van der Waals surface area contributed by atoms with Crippen molar-refractivity contribution in [1.82, 2.24) is 9.97 Å². The fourth-order valence-electron chi connectivity index (χ4n) is 2.52. The van der Waals surface area contributed by atoms with Crippen molar-refractivity contribution in [1.29, 1.82) is 0 Å². The van der Waals surface area contributed by atoms with Gasteiger partial charge in [-0.3, -0.25) is 0 Å². The van der Waals surface area contributed by atoms with Crippen LogP contribution in [0.2, 0.25) is 0 Å². The number of hydrogen-bond donors (Lipinski definition) is 1. The van der Waals surface area contributed by atoms with Crippen LogP contribution in [0.3, 0.4) is 0 Å². The Morgan fingerprint density at radius 3 is 2.79 bits per heavy atom. The van der Waals surface area contributed by atoms with Gasteiger partial charge in [0, 0.05) is 28.2 Å². The van der Waals surface area contributed by atoms with Crippen molar-refractivity contribution in [3.8, 4) is 10.7 Å². The van der Waals surface area contributed by atoms with Gasteiger partial charge in [-0.1, -0.05) is 6.42 Å². The fraction of sp³-hybridized carbons (Fsp3) is 0.429. The summed E-state index contributed by atoms with van der Waals surface area (Å²) in [6.07, 6.45) is 5.95. The molecule has 1 aliphatic rings. The first-order chi connectivity index (χ1) is 9.28. The van der Waals surface area contributed by atoms with Crippen LogP contribution in [-0.2, 0) is 12.8 Å². The first-order valence-electron chi connectivity index (χ1n) is 6.60. The number of aromatic nitrogens is 2. The number of rotatable bonds is 2. The zero-order valence-electron chi connectivity index (χ0n) is 10.9. The van der Waals surface area contributed by atoms with Crippen LogP contribution < -0.4 is 5.32 Å². The van der Waals surface area contributed by atoms with E-state index in [1.807, 2.05) is 7.05 Å².